The highest BCUT2D eigenvalue weighted by Gasteiger charge is 2.42. The van der Waals surface area contributed by atoms with Crippen molar-refractivity contribution in [3.8, 4) is 5.75 Å². The summed E-state index contributed by atoms with van der Waals surface area (Å²) < 4.78 is 11.0. The fourth-order valence-electron chi connectivity index (χ4n) is 5.14. The second-order valence-electron chi connectivity index (χ2n) is 9.03. The van der Waals surface area contributed by atoms with Gasteiger partial charge < -0.3 is 19.8 Å². The van der Waals surface area contributed by atoms with E-state index in [4.69, 9.17) is 21.1 Å². The number of rotatable bonds is 7. The Bertz CT molecular complexity index is 1310. The van der Waals surface area contributed by atoms with Crippen molar-refractivity contribution >= 4 is 28.4 Å². The Morgan fingerprint density at radius 2 is 1.86 bits per heavy atom. The number of benzene rings is 3. The molecule has 0 spiro atoms. The SMILES string of the molecule is COc1ccc(C(CNC(=O)C2(c3cccc(Cl)c3)CCOCC2)c2c[nH]c3ccccc23)cc1. The van der Waals surface area contributed by atoms with Gasteiger partial charge in [-0.1, -0.05) is 54.1 Å². The maximum absolute atomic E-state index is 13.9. The van der Waals surface area contributed by atoms with Crippen molar-refractivity contribution in [2.75, 3.05) is 26.9 Å². The minimum atomic E-state index is -0.659. The molecule has 6 heteroatoms. The molecule has 1 aromatic heterocycles. The molecule has 0 saturated carbocycles. The molecule has 1 atom stereocenters. The molecule has 1 fully saturated rings. The molecule has 35 heavy (non-hydrogen) atoms. The van der Waals surface area contributed by atoms with Gasteiger partial charge in [0.1, 0.15) is 5.75 Å². The number of fused-ring (bicyclic) bond motifs is 1. The number of carbonyl (C=O) groups is 1. The van der Waals surface area contributed by atoms with Gasteiger partial charge in [-0.25, -0.2) is 0 Å². The third kappa shape index (κ3) is 4.66. The number of para-hydroxylation sites is 1. The molecule has 0 bridgehead atoms. The number of aromatic amines is 1. The minimum Gasteiger partial charge on any atom is -0.497 e. The lowest BCUT2D eigenvalue weighted by Gasteiger charge is -2.37. The van der Waals surface area contributed by atoms with Gasteiger partial charge >= 0.3 is 0 Å². The van der Waals surface area contributed by atoms with Gasteiger partial charge in [0.15, 0.2) is 0 Å². The quantitative estimate of drug-likeness (QED) is 0.344. The summed E-state index contributed by atoms with van der Waals surface area (Å²) in [7, 11) is 1.66. The van der Waals surface area contributed by atoms with Crippen LogP contribution in [-0.4, -0.2) is 37.8 Å². The van der Waals surface area contributed by atoms with Crippen LogP contribution in [0.25, 0.3) is 10.9 Å². The first kappa shape index (κ1) is 23.5. The van der Waals surface area contributed by atoms with E-state index < -0.39 is 5.41 Å². The molecule has 1 amide bonds. The summed E-state index contributed by atoms with van der Waals surface area (Å²) in [6, 6.07) is 24.0. The first-order chi connectivity index (χ1) is 17.1. The number of halogens is 1. The lowest BCUT2D eigenvalue weighted by molar-refractivity contribution is -0.130. The summed E-state index contributed by atoms with van der Waals surface area (Å²) in [6.45, 7) is 1.56. The van der Waals surface area contributed by atoms with E-state index in [1.54, 1.807) is 7.11 Å². The lowest BCUT2D eigenvalue weighted by atomic mass is 9.73. The Kier molecular flexibility index (Phi) is 6.80. The Labute approximate surface area is 210 Å². The van der Waals surface area contributed by atoms with Crippen molar-refractivity contribution in [2.45, 2.75) is 24.2 Å². The van der Waals surface area contributed by atoms with Gasteiger partial charge in [-0.15, -0.1) is 0 Å². The summed E-state index contributed by atoms with van der Waals surface area (Å²) in [4.78, 5) is 17.2. The molecule has 1 aliphatic rings. The molecule has 180 valence electrons. The summed E-state index contributed by atoms with van der Waals surface area (Å²) in [6.07, 6.45) is 3.30. The molecule has 4 aromatic rings. The Balaban J connectivity index is 1.47. The largest absolute Gasteiger partial charge is 0.497 e. The van der Waals surface area contributed by atoms with Crippen molar-refractivity contribution in [1.82, 2.24) is 10.3 Å². The van der Waals surface area contributed by atoms with E-state index in [-0.39, 0.29) is 11.8 Å². The number of aromatic nitrogens is 1. The summed E-state index contributed by atoms with van der Waals surface area (Å²) in [5, 5.41) is 5.09. The normalized spacial score (nSPS) is 16.1. The predicted octanol–water partition coefficient (Wildman–Crippen LogP) is 5.83. The van der Waals surface area contributed by atoms with Crippen molar-refractivity contribution in [2.24, 2.45) is 0 Å². The molecule has 1 aliphatic heterocycles. The van der Waals surface area contributed by atoms with Crippen LogP contribution < -0.4 is 10.1 Å². The Morgan fingerprint density at radius 1 is 1.09 bits per heavy atom. The van der Waals surface area contributed by atoms with Crippen LogP contribution in [0.2, 0.25) is 5.02 Å². The molecule has 0 aliphatic carbocycles. The second-order valence-corrected chi connectivity index (χ2v) is 9.47. The minimum absolute atomic E-state index is 0.0152. The van der Waals surface area contributed by atoms with E-state index in [2.05, 4.69) is 34.6 Å². The van der Waals surface area contributed by atoms with Crippen LogP contribution >= 0.6 is 11.6 Å². The molecule has 5 nitrogen and oxygen atoms in total. The first-order valence-corrected chi connectivity index (χ1v) is 12.3. The van der Waals surface area contributed by atoms with Crippen LogP contribution in [0.5, 0.6) is 5.75 Å². The number of carbonyl (C=O) groups excluding carboxylic acids is 1. The molecule has 2 N–H and O–H groups in total. The van der Waals surface area contributed by atoms with E-state index in [1.165, 1.54) is 0 Å². The highest BCUT2D eigenvalue weighted by Crippen LogP contribution is 2.37. The van der Waals surface area contributed by atoms with Crippen molar-refractivity contribution in [3.63, 3.8) is 0 Å². The van der Waals surface area contributed by atoms with Crippen LogP contribution in [-0.2, 0) is 14.9 Å². The Morgan fingerprint density at radius 3 is 2.60 bits per heavy atom. The fraction of sp³-hybridized carbons (Fsp3) is 0.276. The average molecular weight is 489 g/mol. The zero-order valence-electron chi connectivity index (χ0n) is 19.7. The van der Waals surface area contributed by atoms with Crippen molar-refractivity contribution < 1.29 is 14.3 Å². The standard InChI is InChI=1S/C29H29ClN2O3/c1-34-23-11-9-20(10-12-23)25(26-19-31-27-8-3-2-7-24(26)27)18-32-28(33)29(13-15-35-16-14-29)21-5-4-6-22(30)17-21/h2-12,17,19,25,31H,13-16,18H2,1H3,(H,32,33). The van der Waals surface area contributed by atoms with Gasteiger partial charge in [0.05, 0.1) is 12.5 Å². The maximum Gasteiger partial charge on any atom is 0.230 e. The number of nitrogens with one attached hydrogen (secondary N) is 2. The third-order valence-electron chi connectivity index (χ3n) is 7.14. The van der Waals surface area contributed by atoms with E-state index in [0.29, 0.717) is 37.6 Å². The average Bonchev–Trinajstić information content (AvgIpc) is 3.33. The zero-order valence-corrected chi connectivity index (χ0v) is 20.5. The zero-order chi connectivity index (χ0) is 24.3. The number of ether oxygens (including phenoxy) is 2. The molecule has 1 unspecified atom stereocenters. The molecule has 0 radical (unpaired) electrons. The van der Waals surface area contributed by atoms with Crippen LogP contribution in [0.4, 0.5) is 0 Å². The number of hydrogen-bond donors (Lipinski definition) is 2. The number of amides is 1. The molecule has 5 rings (SSSR count). The number of methoxy groups -OCH3 is 1. The van der Waals surface area contributed by atoms with Crippen LogP contribution in [0.15, 0.2) is 79.0 Å². The number of hydrogen-bond acceptors (Lipinski definition) is 3. The smallest absolute Gasteiger partial charge is 0.230 e. The third-order valence-corrected chi connectivity index (χ3v) is 7.37. The van der Waals surface area contributed by atoms with Gasteiger partial charge in [-0.05, 0) is 59.9 Å². The maximum atomic E-state index is 13.9. The van der Waals surface area contributed by atoms with E-state index in [1.807, 2.05) is 54.7 Å². The Hall–Kier alpha value is -3.28. The van der Waals surface area contributed by atoms with Gasteiger partial charge in [0.25, 0.3) is 0 Å². The highest BCUT2D eigenvalue weighted by atomic mass is 35.5. The summed E-state index contributed by atoms with van der Waals surface area (Å²) >= 11 is 6.31. The van der Waals surface area contributed by atoms with Crippen LogP contribution in [0.1, 0.15) is 35.4 Å². The van der Waals surface area contributed by atoms with Gasteiger partial charge in [0, 0.05) is 47.8 Å². The molecular formula is C29H29ClN2O3. The fourth-order valence-corrected chi connectivity index (χ4v) is 5.33. The lowest BCUT2D eigenvalue weighted by Crippen LogP contribution is -2.49. The molecular weight excluding hydrogens is 460 g/mol. The predicted molar refractivity (Wildman–Crippen MR) is 139 cm³/mol. The van der Waals surface area contributed by atoms with Gasteiger partial charge in [0.2, 0.25) is 5.91 Å². The van der Waals surface area contributed by atoms with Crippen LogP contribution in [0.3, 0.4) is 0 Å². The summed E-state index contributed by atoms with van der Waals surface area (Å²) in [5.74, 6) is 0.788. The van der Waals surface area contributed by atoms with Gasteiger partial charge in [-0.2, -0.15) is 0 Å². The first-order valence-electron chi connectivity index (χ1n) is 11.9. The summed E-state index contributed by atoms with van der Waals surface area (Å²) in [5.41, 5.74) is 3.62. The van der Waals surface area contributed by atoms with Gasteiger partial charge in [-0.3, -0.25) is 4.79 Å². The number of H-pyrrole nitrogens is 1. The van der Waals surface area contributed by atoms with Crippen molar-refractivity contribution in [3.05, 3.63) is 101 Å². The molecule has 1 saturated heterocycles. The van der Waals surface area contributed by atoms with E-state index >= 15 is 0 Å². The highest BCUT2D eigenvalue weighted by molar-refractivity contribution is 6.30. The van der Waals surface area contributed by atoms with Crippen molar-refractivity contribution in [1.29, 1.82) is 0 Å². The van der Waals surface area contributed by atoms with E-state index in [0.717, 1.165) is 33.3 Å². The van der Waals surface area contributed by atoms with Crippen LogP contribution in [0, 0.1) is 0 Å². The van der Waals surface area contributed by atoms with E-state index in [9.17, 15) is 4.79 Å². The topological polar surface area (TPSA) is 63.4 Å². The monoisotopic (exact) mass is 488 g/mol. The molecule has 3 aromatic carbocycles. The molecule has 2 heterocycles. The second kappa shape index (κ2) is 10.1.